The van der Waals surface area contributed by atoms with E-state index >= 15 is 26.3 Å². The summed E-state index contributed by atoms with van der Waals surface area (Å²) in [6.45, 7) is 0. The molecule has 4 aromatic rings. The average molecular weight is 676 g/mol. The van der Waals surface area contributed by atoms with Crippen LogP contribution in [-0.4, -0.2) is 18.7 Å². The molecule has 17 heteroatoms. The van der Waals surface area contributed by atoms with Gasteiger partial charge in [0, 0.05) is 16.5 Å². The summed E-state index contributed by atoms with van der Waals surface area (Å²) in [6.07, 6.45) is -3.34. The minimum Gasteiger partial charge on any atom is -0.207 e. The van der Waals surface area contributed by atoms with E-state index in [4.69, 9.17) is 0 Å². The van der Waals surface area contributed by atoms with Crippen molar-refractivity contribution < 1.29 is 65.9 Å². The van der Waals surface area contributed by atoms with E-state index in [1.165, 1.54) is 30.7 Å². The lowest BCUT2D eigenvalue weighted by molar-refractivity contribution is 0.380. The van der Waals surface area contributed by atoms with Crippen LogP contribution >= 0.6 is 0 Å². The lowest BCUT2D eigenvalue weighted by Crippen LogP contribution is -2.72. The van der Waals surface area contributed by atoms with Gasteiger partial charge < -0.3 is 0 Å². The molecule has 0 aliphatic rings. The fourth-order valence-corrected chi connectivity index (χ4v) is 6.13. The summed E-state index contributed by atoms with van der Waals surface area (Å²) in [5.74, 6) is -45.4. The van der Waals surface area contributed by atoms with E-state index in [1.807, 2.05) is 0 Å². The molecule has 0 unspecified atom stereocenters. The van der Waals surface area contributed by atoms with Crippen LogP contribution in [0, 0.1) is 87.3 Å². The second-order valence-electron chi connectivity index (χ2n) is 9.60. The van der Waals surface area contributed by atoms with E-state index in [9.17, 15) is 39.5 Å². The molecule has 0 aromatic heterocycles. The van der Waals surface area contributed by atoms with E-state index in [-0.39, 0.29) is 11.5 Å². The Morgan fingerprint density at radius 3 is 0.911 bits per heavy atom. The fraction of sp³-hybridized carbons (Fsp3) is 0.0714. The molecule has 0 saturated heterocycles. The highest BCUT2D eigenvalue weighted by atomic mass is 32.2. The van der Waals surface area contributed by atoms with Gasteiger partial charge in [-0.25, -0.2) is 65.9 Å². The zero-order valence-electron chi connectivity index (χ0n) is 22.1. The van der Waals surface area contributed by atoms with Gasteiger partial charge in [-0.1, -0.05) is 30.3 Å². The molecule has 4 aromatic carbocycles. The van der Waals surface area contributed by atoms with Crippen LogP contribution in [0.3, 0.4) is 0 Å². The van der Waals surface area contributed by atoms with Gasteiger partial charge in [0.2, 0.25) is 0 Å². The van der Waals surface area contributed by atoms with Crippen molar-refractivity contribution in [3.8, 4) is 0 Å². The summed E-state index contributed by atoms with van der Waals surface area (Å²) < 4.78 is 224. The molecule has 0 amide bonds. The highest BCUT2D eigenvalue weighted by molar-refractivity contribution is 8.04. The molecule has 4 rings (SSSR count). The maximum atomic E-state index is 15.7. The Hall–Kier alpha value is -4.02. The molecule has 0 radical (unpaired) electrons. The molecule has 45 heavy (non-hydrogen) atoms. The summed E-state index contributed by atoms with van der Waals surface area (Å²) in [7, 11) is -1.50. The van der Waals surface area contributed by atoms with Crippen molar-refractivity contribution in [2.24, 2.45) is 0 Å². The predicted octanol–water partition coefficient (Wildman–Crippen LogP) is 6.70. The Kier molecular flexibility index (Phi) is 9.08. The normalized spacial score (nSPS) is 12.4. The van der Waals surface area contributed by atoms with E-state index in [1.54, 1.807) is 0 Å². The van der Waals surface area contributed by atoms with E-state index < -0.39 is 126 Å². The highest BCUT2D eigenvalue weighted by Crippen LogP contribution is 2.32. The Labute approximate surface area is 246 Å². The van der Waals surface area contributed by atoms with Gasteiger partial charge in [0.25, 0.3) is 0 Å². The molecule has 0 aliphatic carbocycles. The summed E-state index contributed by atoms with van der Waals surface area (Å²) in [5.41, 5.74) is -8.20. The van der Waals surface area contributed by atoms with Crippen LogP contribution in [0.5, 0.6) is 0 Å². The Morgan fingerprint density at radius 1 is 0.422 bits per heavy atom. The molecule has 0 bridgehead atoms. The van der Waals surface area contributed by atoms with Gasteiger partial charge in [-0.15, -0.1) is 16.4 Å². The van der Waals surface area contributed by atoms with Gasteiger partial charge in [-0.05, 0) is 0 Å². The number of rotatable bonds is 6. The summed E-state index contributed by atoms with van der Waals surface area (Å²) >= 11 is 0. The number of halogens is 15. The molecule has 0 fully saturated rings. The van der Waals surface area contributed by atoms with Crippen LogP contribution < -0.4 is 16.4 Å². The minimum atomic E-state index is -5.78. The molecular weight excluding hydrogens is 664 g/mol. The lowest BCUT2D eigenvalue weighted by Gasteiger charge is -2.41. The van der Waals surface area contributed by atoms with Crippen molar-refractivity contribution in [3.05, 3.63) is 129 Å². The zero-order chi connectivity index (χ0) is 33.9. The average Bonchev–Trinajstić information content (AvgIpc) is 3.01. The van der Waals surface area contributed by atoms with Crippen LogP contribution in [0.2, 0.25) is 0 Å². The topological polar surface area (TPSA) is 0 Å². The summed E-state index contributed by atoms with van der Waals surface area (Å²) in [5, 5.41) is 0. The maximum Gasteiger partial charge on any atom is 0.200 e. The van der Waals surface area contributed by atoms with Crippen LogP contribution in [0.1, 0.15) is 5.56 Å². The third-order valence-electron chi connectivity index (χ3n) is 7.00. The molecule has 238 valence electrons. The van der Waals surface area contributed by atoms with Gasteiger partial charge >= 0.3 is 0 Å². The van der Waals surface area contributed by atoms with Gasteiger partial charge in [-0.2, -0.15) is 5.98 Å². The maximum absolute atomic E-state index is 15.7. The standard InChI is InChI=1S/C28H12BF15S/c1-45(2)10(9-6-4-3-5-7-9)8-29(11-14(30)20(36)26(42)21(37)15(11)31,12-16(32)22(38)27(43)23(39)17(12)33)13-18(34)24(40)28(44)25(41)19(13)35/h3-8H,1-2H3/b10-8+. The Balaban J connectivity index is 2.57. The SMILES string of the molecule is C[S+](C)/C(=C/[B-](c1c(F)c(F)c(F)c(F)c1F)(c1c(F)c(F)c(F)c(F)c1F)c1c(F)c(F)c(F)c(F)c1F)c1ccccc1. The first-order chi connectivity index (χ1) is 20.9. The van der Waals surface area contributed by atoms with E-state index in [0.717, 1.165) is 12.1 Å². The van der Waals surface area contributed by atoms with Gasteiger partial charge in [0.1, 0.15) is 58.5 Å². The van der Waals surface area contributed by atoms with E-state index in [2.05, 4.69) is 0 Å². The zero-order valence-corrected chi connectivity index (χ0v) is 22.9. The van der Waals surface area contributed by atoms with Crippen molar-refractivity contribution in [2.75, 3.05) is 12.5 Å². The molecule has 0 N–H and O–H groups in total. The predicted molar refractivity (Wildman–Crippen MR) is 137 cm³/mol. The van der Waals surface area contributed by atoms with Crippen LogP contribution in [-0.2, 0) is 10.9 Å². The van der Waals surface area contributed by atoms with Crippen molar-refractivity contribution >= 4 is 38.3 Å². The number of hydrogen-bond donors (Lipinski definition) is 0. The van der Waals surface area contributed by atoms with Crippen LogP contribution in [0.15, 0.2) is 36.3 Å². The summed E-state index contributed by atoms with van der Waals surface area (Å²) in [6, 6.07) is 6.13. The smallest absolute Gasteiger partial charge is 0.200 e. The summed E-state index contributed by atoms with van der Waals surface area (Å²) in [4.78, 5) is -0.563. The van der Waals surface area contributed by atoms with Gasteiger partial charge in [0.15, 0.2) is 52.4 Å². The number of hydrogen-bond acceptors (Lipinski definition) is 0. The molecule has 0 heterocycles. The van der Waals surface area contributed by atoms with Crippen LogP contribution in [0.25, 0.3) is 4.91 Å². The van der Waals surface area contributed by atoms with Gasteiger partial charge in [0.05, 0.1) is 0 Å². The molecule has 0 aliphatic heterocycles. The lowest BCUT2D eigenvalue weighted by atomic mass is 9.15. The monoisotopic (exact) mass is 676 g/mol. The Bertz CT molecular complexity index is 1640. The molecule has 0 nitrogen and oxygen atoms in total. The second kappa shape index (κ2) is 12.1. The van der Waals surface area contributed by atoms with Gasteiger partial charge in [-0.3, -0.25) is 0 Å². The molecular formula is C28H12BF15S. The minimum absolute atomic E-state index is 0.00667. The Morgan fingerprint density at radius 2 is 0.667 bits per heavy atom. The first kappa shape index (κ1) is 33.9. The van der Waals surface area contributed by atoms with Crippen molar-refractivity contribution in [1.82, 2.24) is 0 Å². The molecule has 0 spiro atoms. The van der Waals surface area contributed by atoms with Crippen LogP contribution in [0.4, 0.5) is 65.9 Å². The largest absolute Gasteiger partial charge is 0.207 e. The number of benzene rings is 4. The van der Waals surface area contributed by atoms with E-state index in [0.29, 0.717) is 0 Å². The quantitative estimate of drug-likeness (QED) is 0.0702. The third kappa shape index (κ3) is 5.04. The fourth-order valence-electron chi connectivity index (χ4n) is 5.05. The van der Waals surface area contributed by atoms with Crippen molar-refractivity contribution in [1.29, 1.82) is 0 Å². The molecule has 0 atom stereocenters. The van der Waals surface area contributed by atoms with Crippen molar-refractivity contribution in [2.45, 2.75) is 0 Å². The molecule has 0 saturated carbocycles. The van der Waals surface area contributed by atoms with Crippen molar-refractivity contribution in [3.63, 3.8) is 0 Å². The second-order valence-corrected chi connectivity index (χ2v) is 11.7. The third-order valence-corrected chi connectivity index (χ3v) is 8.25. The highest BCUT2D eigenvalue weighted by Gasteiger charge is 2.48. The first-order valence-corrected chi connectivity index (χ1v) is 14.0. The first-order valence-electron chi connectivity index (χ1n) is 12.0.